The first kappa shape index (κ1) is 11.8. The molecule has 0 saturated carbocycles. The smallest absolute Gasteiger partial charge is 0.328 e. The Balaban J connectivity index is 2.95. The molecular formula is C12H13ClO2. The highest BCUT2D eigenvalue weighted by atomic mass is 35.5. The average Bonchev–Trinajstić information content (AvgIpc) is 2.16. The molecule has 0 atom stereocenters. The number of aliphatic carboxylic acids is 1. The fourth-order valence-electron chi connectivity index (χ4n) is 1.26. The van der Waals surface area contributed by atoms with Crippen LogP contribution in [0.4, 0.5) is 0 Å². The lowest BCUT2D eigenvalue weighted by atomic mass is 9.84. The predicted octanol–water partition coefficient (Wildman–Crippen LogP) is 3.26. The van der Waals surface area contributed by atoms with Crippen molar-refractivity contribution < 1.29 is 9.90 Å². The second-order valence-electron chi connectivity index (χ2n) is 3.90. The van der Waals surface area contributed by atoms with Gasteiger partial charge in [-0.2, -0.15) is 0 Å². The van der Waals surface area contributed by atoms with E-state index in [0.29, 0.717) is 5.02 Å². The van der Waals surface area contributed by atoms with E-state index in [-0.39, 0.29) is 5.41 Å². The Morgan fingerprint density at radius 1 is 1.33 bits per heavy atom. The summed E-state index contributed by atoms with van der Waals surface area (Å²) in [4.78, 5) is 10.4. The molecule has 0 bridgehead atoms. The Hall–Kier alpha value is -1.28. The number of rotatable bonds is 3. The maximum Gasteiger partial charge on any atom is 0.328 e. The number of carboxylic acid groups (broad SMARTS) is 1. The van der Waals surface area contributed by atoms with Gasteiger partial charge in [0.1, 0.15) is 0 Å². The zero-order valence-electron chi connectivity index (χ0n) is 8.70. The lowest BCUT2D eigenvalue weighted by molar-refractivity contribution is -0.131. The number of benzene rings is 1. The number of hydrogen-bond acceptors (Lipinski definition) is 1. The Morgan fingerprint density at radius 2 is 1.87 bits per heavy atom. The van der Waals surface area contributed by atoms with Crippen LogP contribution in [0.25, 0.3) is 0 Å². The molecule has 1 aromatic carbocycles. The van der Waals surface area contributed by atoms with Gasteiger partial charge in [-0.1, -0.05) is 43.7 Å². The van der Waals surface area contributed by atoms with Gasteiger partial charge >= 0.3 is 5.97 Å². The van der Waals surface area contributed by atoms with Gasteiger partial charge in [-0.05, 0) is 17.7 Å². The molecule has 0 aromatic heterocycles. The van der Waals surface area contributed by atoms with Gasteiger partial charge in [0.2, 0.25) is 0 Å². The fraction of sp³-hybridized carbons (Fsp3) is 0.250. The van der Waals surface area contributed by atoms with E-state index in [0.717, 1.165) is 11.6 Å². The molecular weight excluding hydrogens is 212 g/mol. The Morgan fingerprint density at radius 3 is 2.33 bits per heavy atom. The Labute approximate surface area is 94.2 Å². The quantitative estimate of drug-likeness (QED) is 0.801. The first-order valence-electron chi connectivity index (χ1n) is 4.60. The van der Waals surface area contributed by atoms with Gasteiger partial charge in [0.25, 0.3) is 0 Å². The third kappa shape index (κ3) is 3.40. The lowest BCUT2D eigenvalue weighted by Crippen LogP contribution is -2.13. The number of carbonyl (C=O) groups is 1. The number of halogens is 1. The average molecular weight is 225 g/mol. The van der Waals surface area contributed by atoms with Crippen molar-refractivity contribution in [3.05, 3.63) is 47.0 Å². The van der Waals surface area contributed by atoms with E-state index >= 15 is 0 Å². The zero-order valence-corrected chi connectivity index (χ0v) is 9.45. The van der Waals surface area contributed by atoms with Crippen molar-refractivity contribution in [1.82, 2.24) is 0 Å². The predicted molar refractivity (Wildman–Crippen MR) is 61.3 cm³/mol. The SMILES string of the molecule is CC(C)(C=CC(=O)O)c1ccc(Cl)cc1. The highest BCUT2D eigenvalue weighted by molar-refractivity contribution is 6.30. The van der Waals surface area contributed by atoms with Crippen LogP contribution in [0.3, 0.4) is 0 Å². The van der Waals surface area contributed by atoms with Crippen LogP contribution in [0.5, 0.6) is 0 Å². The van der Waals surface area contributed by atoms with E-state index in [1.807, 2.05) is 26.0 Å². The highest BCUT2D eigenvalue weighted by Gasteiger charge is 2.16. The molecule has 0 aliphatic carbocycles. The largest absolute Gasteiger partial charge is 0.478 e. The standard InChI is InChI=1S/C12H13ClO2/c1-12(2,8-7-11(14)15)9-3-5-10(13)6-4-9/h3-8H,1-2H3,(H,14,15). The molecule has 0 aliphatic rings. The second kappa shape index (κ2) is 4.49. The summed E-state index contributed by atoms with van der Waals surface area (Å²) in [6, 6.07) is 7.39. The van der Waals surface area contributed by atoms with Crippen LogP contribution in [0.15, 0.2) is 36.4 Å². The van der Waals surface area contributed by atoms with Crippen LogP contribution < -0.4 is 0 Å². The molecule has 0 radical (unpaired) electrons. The molecule has 0 saturated heterocycles. The zero-order chi connectivity index (χ0) is 11.5. The Bertz CT molecular complexity index is 377. The molecule has 0 heterocycles. The summed E-state index contributed by atoms with van der Waals surface area (Å²) in [6.45, 7) is 3.91. The Kier molecular flexibility index (Phi) is 3.53. The van der Waals surface area contributed by atoms with E-state index in [9.17, 15) is 4.79 Å². The third-order valence-corrected chi connectivity index (χ3v) is 2.48. The molecule has 0 aliphatic heterocycles. The van der Waals surface area contributed by atoms with E-state index < -0.39 is 5.97 Å². The fourth-order valence-corrected chi connectivity index (χ4v) is 1.38. The minimum Gasteiger partial charge on any atom is -0.478 e. The third-order valence-electron chi connectivity index (χ3n) is 2.23. The topological polar surface area (TPSA) is 37.3 Å². The molecule has 0 spiro atoms. The summed E-state index contributed by atoms with van der Waals surface area (Å²) in [5, 5.41) is 9.24. The van der Waals surface area contributed by atoms with Crippen molar-refractivity contribution in [2.45, 2.75) is 19.3 Å². The van der Waals surface area contributed by atoms with Crippen molar-refractivity contribution >= 4 is 17.6 Å². The van der Waals surface area contributed by atoms with Crippen LogP contribution in [-0.4, -0.2) is 11.1 Å². The molecule has 80 valence electrons. The van der Waals surface area contributed by atoms with Gasteiger partial charge in [-0.25, -0.2) is 4.79 Å². The van der Waals surface area contributed by atoms with Gasteiger partial charge < -0.3 is 5.11 Å². The summed E-state index contributed by atoms with van der Waals surface area (Å²) in [6.07, 6.45) is 2.83. The normalized spacial score (nSPS) is 11.9. The summed E-state index contributed by atoms with van der Waals surface area (Å²) >= 11 is 5.78. The molecule has 1 N–H and O–H groups in total. The minimum atomic E-state index is -0.933. The van der Waals surface area contributed by atoms with Crippen molar-refractivity contribution in [3.8, 4) is 0 Å². The minimum absolute atomic E-state index is 0.303. The number of allylic oxidation sites excluding steroid dienone is 1. The molecule has 15 heavy (non-hydrogen) atoms. The van der Waals surface area contributed by atoms with Crippen LogP contribution in [0.1, 0.15) is 19.4 Å². The summed E-state index contributed by atoms with van der Waals surface area (Å²) in [5.74, 6) is -0.933. The molecule has 0 amide bonds. The maximum atomic E-state index is 10.4. The first-order chi connectivity index (χ1) is 6.92. The molecule has 3 heteroatoms. The van der Waals surface area contributed by atoms with E-state index in [4.69, 9.17) is 16.7 Å². The van der Waals surface area contributed by atoms with Crippen LogP contribution in [0.2, 0.25) is 5.02 Å². The summed E-state index contributed by atoms with van der Waals surface area (Å²) in [5.41, 5.74) is 0.729. The second-order valence-corrected chi connectivity index (χ2v) is 4.34. The molecule has 1 rings (SSSR count). The summed E-state index contributed by atoms with van der Waals surface area (Å²) in [7, 11) is 0. The van der Waals surface area contributed by atoms with Crippen LogP contribution in [0, 0.1) is 0 Å². The van der Waals surface area contributed by atoms with Crippen molar-refractivity contribution in [2.75, 3.05) is 0 Å². The van der Waals surface area contributed by atoms with Crippen LogP contribution >= 0.6 is 11.6 Å². The monoisotopic (exact) mass is 224 g/mol. The molecule has 2 nitrogen and oxygen atoms in total. The van der Waals surface area contributed by atoms with Gasteiger partial charge in [0, 0.05) is 16.5 Å². The number of hydrogen-bond donors (Lipinski definition) is 1. The van der Waals surface area contributed by atoms with Crippen LogP contribution in [-0.2, 0) is 10.2 Å². The van der Waals surface area contributed by atoms with Gasteiger partial charge in [0.15, 0.2) is 0 Å². The van der Waals surface area contributed by atoms with E-state index in [1.165, 1.54) is 0 Å². The first-order valence-corrected chi connectivity index (χ1v) is 4.98. The maximum absolute atomic E-state index is 10.4. The van der Waals surface area contributed by atoms with Crippen molar-refractivity contribution in [1.29, 1.82) is 0 Å². The van der Waals surface area contributed by atoms with Gasteiger partial charge in [-0.3, -0.25) is 0 Å². The van der Waals surface area contributed by atoms with Crippen molar-refractivity contribution in [2.24, 2.45) is 0 Å². The van der Waals surface area contributed by atoms with Crippen molar-refractivity contribution in [3.63, 3.8) is 0 Å². The van der Waals surface area contributed by atoms with Gasteiger partial charge in [0.05, 0.1) is 0 Å². The molecule has 0 unspecified atom stereocenters. The van der Waals surface area contributed by atoms with E-state index in [1.54, 1.807) is 18.2 Å². The van der Waals surface area contributed by atoms with E-state index in [2.05, 4.69) is 0 Å². The summed E-state index contributed by atoms with van der Waals surface area (Å²) < 4.78 is 0. The van der Waals surface area contributed by atoms with Gasteiger partial charge in [-0.15, -0.1) is 0 Å². The lowest BCUT2D eigenvalue weighted by Gasteiger charge is -2.20. The highest BCUT2D eigenvalue weighted by Crippen LogP contribution is 2.25. The number of carboxylic acids is 1. The molecule has 0 fully saturated rings. The molecule has 1 aromatic rings.